The zero-order valence-corrected chi connectivity index (χ0v) is 20.6. The van der Waals surface area contributed by atoms with Crippen LogP contribution in [-0.4, -0.2) is 38.2 Å². The zero-order valence-electron chi connectivity index (χ0n) is 19.8. The molecule has 3 rings (SSSR count). The Kier molecular flexibility index (Phi) is 8.97. The van der Waals surface area contributed by atoms with Gasteiger partial charge in [-0.25, -0.2) is 0 Å². The third kappa shape index (κ3) is 6.91. The number of benzene rings is 3. The maximum atomic E-state index is 12.8. The van der Waals surface area contributed by atoms with Crippen LogP contribution in [0.15, 0.2) is 78.9 Å². The Bertz CT molecular complexity index is 1230. The molecule has 0 radical (unpaired) electrons. The minimum absolute atomic E-state index is 0.162. The zero-order chi connectivity index (χ0) is 25.2. The van der Waals surface area contributed by atoms with Crippen molar-refractivity contribution in [1.29, 1.82) is 0 Å². The van der Waals surface area contributed by atoms with Crippen molar-refractivity contribution < 1.29 is 19.1 Å². The molecule has 0 heterocycles. The van der Waals surface area contributed by atoms with E-state index in [0.29, 0.717) is 29.3 Å². The Labute approximate surface area is 210 Å². The van der Waals surface area contributed by atoms with Crippen LogP contribution in [0.5, 0.6) is 11.5 Å². The summed E-state index contributed by atoms with van der Waals surface area (Å²) in [5, 5.41) is 5.75. The molecule has 35 heavy (non-hydrogen) atoms. The molecule has 2 N–H and O–H groups in total. The molecule has 0 aliphatic rings. The Balaban J connectivity index is 1.64. The first-order chi connectivity index (χ1) is 16.9. The molecule has 8 heteroatoms. The van der Waals surface area contributed by atoms with Crippen LogP contribution in [0.3, 0.4) is 0 Å². The highest BCUT2D eigenvalue weighted by atomic mass is 32.1. The second-order valence-electron chi connectivity index (χ2n) is 7.49. The lowest BCUT2D eigenvalue weighted by molar-refractivity contribution is -0.115. The number of nitrogens with zero attached hydrogens (tertiary/aromatic N) is 1. The topological polar surface area (TPSA) is 79.9 Å². The predicted molar refractivity (Wildman–Crippen MR) is 142 cm³/mol. The Morgan fingerprint density at radius 2 is 1.63 bits per heavy atom. The van der Waals surface area contributed by atoms with Crippen molar-refractivity contribution in [1.82, 2.24) is 10.6 Å². The van der Waals surface area contributed by atoms with Crippen LogP contribution in [0.25, 0.3) is 6.08 Å². The summed E-state index contributed by atoms with van der Waals surface area (Å²) in [6, 6.07) is 22.1. The summed E-state index contributed by atoms with van der Waals surface area (Å²) in [6.07, 6.45) is 3.02. The monoisotopic (exact) mass is 489 g/mol. The minimum Gasteiger partial charge on any atom is -0.493 e. The number of carbonyl (C=O) groups is 2. The summed E-state index contributed by atoms with van der Waals surface area (Å²) in [6.45, 7) is 0.403. The molecule has 0 aliphatic carbocycles. The number of para-hydroxylation sites is 1. The number of ether oxygens (including phenoxy) is 2. The van der Waals surface area contributed by atoms with Gasteiger partial charge in [0.15, 0.2) is 16.6 Å². The van der Waals surface area contributed by atoms with E-state index >= 15 is 0 Å². The van der Waals surface area contributed by atoms with Crippen LogP contribution >= 0.6 is 12.2 Å². The number of amides is 2. The molecule has 0 saturated heterocycles. The lowest BCUT2D eigenvalue weighted by Gasteiger charge is -2.22. The lowest BCUT2D eigenvalue weighted by atomic mass is 10.1. The standard InChI is InChI=1S/C27H27N3O4S/c1-30(22-12-8-7-11-21(22)26(32)28-18-20-9-5-4-6-10-20)27(35)29-25(31)16-14-19-13-15-23(33-2)24(17-19)34-3/h4-17H,18H2,1-3H3,(H,28,32)(H,29,31,35)/b16-14+. The molecule has 0 spiro atoms. The molecule has 7 nitrogen and oxygen atoms in total. The van der Waals surface area contributed by atoms with E-state index in [2.05, 4.69) is 10.6 Å². The summed E-state index contributed by atoms with van der Waals surface area (Å²) in [5.41, 5.74) is 2.78. The SMILES string of the molecule is COc1ccc(/C=C/C(=O)NC(=S)N(C)c2ccccc2C(=O)NCc2ccccc2)cc1OC. The van der Waals surface area contributed by atoms with E-state index in [4.69, 9.17) is 21.7 Å². The van der Waals surface area contributed by atoms with Crippen molar-refractivity contribution in [2.45, 2.75) is 6.54 Å². The number of hydrogen-bond donors (Lipinski definition) is 2. The number of nitrogens with one attached hydrogen (secondary N) is 2. The van der Waals surface area contributed by atoms with Crippen molar-refractivity contribution in [2.24, 2.45) is 0 Å². The Morgan fingerprint density at radius 1 is 0.943 bits per heavy atom. The molecule has 3 aromatic carbocycles. The van der Waals surface area contributed by atoms with Crippen LogP contribution in [0, 0.1) is 0 Å². The number of hydrogen-bond acceptors (Lipinski definition) is 5. The first-order valence-corrected chi connectivity index (χ1v) is 11.2. The van der Waals surface area contributed by atoms with E-state index in [9.17, 15) is 9.59 Å². The predicted octanol–water partition coefficient (Wildman–Crippen LogP) is 4.18. The van der Waals surface area contributed by atoms with E-state index in [1.165, 1.54) is 6.08 Å². The van der Waals surface area contributed by atoms with Crippen molar-refractivity contribution in [2.75, 3.05) is 26.2 Å². The molecule has 0 saturated carbocycles. The van der Waals surface area contributed by atoms with Gasteiger partial charge in [-0.2, -0.15) is 0 Å². The summed E-state index contributed by atoms with van der Waals surface area (Å²) < 4.78 is 10.5. The lowest BCUT2D eigenvalue weighted by Crippen LogP contribution is -2.40. The fourth-order valence-electron chi connectivity index (χ4n) is 3.30. The molecule has 0 fully saturated rings. The van der Waals surface area contributed by atoms with Crippen LogP contribution in [-0.2, 0) is 11.3 Å². The molecule has 0 aliphatic heterocycles. The average Bonchev–Trinajstić information content (AvgIpc) is 2.90. The van der Waals surface area contributed by atoms with Gasteiger partial charge in [0.05, 0.1) is 25.5 Å². The van der Waals surface area contributed by atoms with Crippen LogP contribution in [0.1, 0.15) is 21.5 Å². The number of carbonyl (C=O) groups excluding carboxylic acids is 2. The summed E-state index contributed by atoms with van der Waals surface area (Å²) in [5.74, 6) is 0.525. The highest BCUT2D eigenvalue weighted by Gasteiger charge is 2.17. The number of rotatable bonds is 8. The number of anilines is 1. The van der Waals surface area contributed by atoms with Crippen molar-refractivity contribution in [3.63, 3.8) is 0 Å². The Hall–Kier alpha value is -4.17. The van der Waals surface area contributed by atoms with Crippen LogP contribution < -0.4 is 25.0 Å². The normalized spacial score (nSPS) is 10.5. The van der Waals surface area contributed by atoms with Gasteiger partial charge in [0.1, 0.15) is 0 Å². The van der Waals surface area contributed by atoms with Gasteiger partial charge in [0.25, 0.3) is 5.91 Å². The first-order valence-electron chi connectivity index (χ1n) is 10.8. The third-order valence-corrected chi connectivity index (χ3v) is 5.55. The van der Waals surface area contributed by atoms with Gasteiger partial charge in [-0.3, -0.25) is 14.9 Å². The van der Waals surface area contributed by atoms with Crippen molar-refractivity contribution in [3.05, 3.63) is 95.6 Å². The molecule has 2 amide bonds. The van der Waals surface area contributed by atoms with Crippen LogP contribution in [0.2, 0.25) is 0 Å². The van der Waals surface area contributed by atoms with Gasteiger partial charge < -0.3 is 19.7 Å². The van der Waals surface area contributed by atoms with Gasteiger partial charge in [-0.1, -0.05) is 48.5 Å². The maximum absolute atomic E-state index is 12.8. The van der Waals surface area contributed by atoms with E-state index in [0.717, 1.165) is 11.1 Å². The number of thiocarbonyl (C=S) groups is 1. The van der Waals surface area contributed by atoms with E-state index in [-0.39, 0.29) is 11.0 Å². The van der Waals surface area contributed by atoms with Gasteiger partial charge >= 0.3 is 0 Å². The quantitative estimate of drug-likeness (QED) is 0.365. The molecular weight excluding hydrogens is 462 g/mol. The molecule has 0 bridgehead atoms. The summed E-state index contributed by atoms with van der Waals surface area (Å²) in [4.78, 5) is 26.9. The molecule has 3 aromatic rings. The Morgan fingerprint density at radius 3 is 2.34 bits per heavy atom. The fraction of sp³-hybridized carbons (Fsp3) is 0.148. The van der Waals surface area contributed by atoms with E-state index in [1.54, 1.807) is 74.7 Å². The molecular formula is C27H27N3O4S. The largest absolute Gasteiger partial charge is 0.493 e. The third-order valence-electron chi connectivity index (χ3n) is 5.18. The van der Waals surface area contributed by atoms with E-state index < -0.39 is 5.91 Å². The highest BCUT2D eigenvalue weighted by Crippen LogP contribution is 2.28. The van der Waals surface area contributed by atoms with Gasteiger partial charge in [0.2, 0.25) is 5.91 Å². The second kappa shape index (κ2) is 12.3. The molecule has 0 aromatic heterocycles. The number of methoxy groups -OCH3 is 2. The molecule has 180 valence electrons. The van der Waals surface area contributed by atoms with E-state index in [1.807, 2.05) is 30.3 Å². The molecule has 0 unspecified atom stereocenters. The van der Waals surface area contributed by atoms with Gasteiger partial charge in [-0.15, -0.1) is 0 Å². The van der Waals surface area contributed by atoms with Gasteiger partial charge in [0, 0.05) is 19.7 Å². The van der Waals surface area contributed by atoms with Crippen molar-refractivity contribution in [3.8, 4) is 11.5 Å². The first kappa shape index (κ1) is 25.5. The summed E-state index contributed by atoms with van der Waals surface area (Å²) >= 11 is 5.42. The van der Waals surface area contributed by atoms with Gasteiger partial charge in [-0.05, 0) is 53.7 Å². The average molecular weight is 490 g/mol. The minimum atomic E-state index is -0.400. The highest BCUT2D eigenvalue weighted by molar-refractivity contribution is 7.80. The fourth-order valence-corrected chi connectivity index (χ4v) is 3.50. The second-order valence-corrected chi connectivity index (χ2v) is 7.87. The molecule has 0 atom stereocenters. The smallest absolute Gasteiger partial charge is 0.253 e. The summed E-state index contributed by atoms with van der Waals surface area (Å²) in [7, 11) is 4.80. The maximum Gasteiger partial charge on any atom is 0.253 e. The van der Waals surface area contributed by atoms with Crippen LogP contribution in [0.4, 0.5) is 5.69 Å². The van der Waals surface area contributed by atoms with Crippen molar-refractivity contribution >= 4 is 40.9 Å².